The van der Waals surface area contributed by atoms with Crippen molar-refractivity contribution in [3.8, 4) is 0 Å². The van der Waals surface area contributed by atoms with E-state index in [-0.39, 0.29) is 17.3 Å². The summed E-state index contributed by atoms with van der Waals surface area (Å²) in [5.41, 5.74) is 6.06. The Hall–Kier alpha value is -3.53. The number of hydrogen-bond acceptors (Lipinski definition) is 7. The van der Waals surface area contributed by atoms with Crippen LogP contribution < -0.4 is 16.2 Å². The predicted octanol–water partition coefficient (Wildman–Crippen LogP) is 3.56. The first-order valence-electron chi connectivity index (χ1n) is 8.63. The zero-order valence-corrected chi connectivity index (χ0v) is 16.7. The number of anilines is 2. The Balaban J connectivity index is 1.68. The third-order valence-electron chi connectivity index (χ3n) is 3.95. The van der Waals surface area contributed by atoms with E-state index in [1.165, 1.54) is 6.33 Å². The van der Waals surface area contributed by atoms with Gasteiger partial charge in [0.15, 0.2) is 0 Å². The molecule has 0 bridgehead atoms. The van der Waals surface area contributed by atoms with Crippen LogP contribution in [0, 0.1) is 10.1 Å². The fraction of sp³-hybridized carbons (Fsp3) is 0.105. The zero-order valence-electron chi connectivity index (χ0n) is 15.1. The van der Waals surface area contributed by atoms with Crippen LogP contribution in [0.5, 0.6) is 0 Å². The molecule has 0 aliphatic rings. The van der Waals surface area contributed by atoms with E-state index in [2.05, 4.69) is 42.1 Å². The van der Waals surface area contributed by atoms with Crippen LogP contribution in [0.4, 0.5) is 17.3 Å². The lowest BCUT2D eigenvalue weighted by atomic mass is 10.1. The molecular formula is C19H17BrN6O3. The van der Waals surface area contributed by atoms with Crippen LogP contribution in [0.15, 0.2) is 65.4 Å². The minimum atomic E-state index is -0.598. The molecule has 29 heavy (non-hydrogen) atoms. The molecule has 0 aliphatic carbocycles. The highest BCUT2D eigenvalue weighted by molar-refractivity contribution is 9.10. The minimum Gasteiger partial charge on any atom is -0.364 e. The summed E-state index contributed by atoms with van der Waals surface area (Å²) < 4.78 is 0.833. The molecule has 0 spiro atoms. The van der Waals surface area contributed by atoms with Crippen molar-refractivity contribution in [2.75, 3.05) is 17.3 Å². The van der Waals surface area contributed by atoms with Gasteiger partial charge in [0, 0.05) is 16.6 Å². The maximum atomic E-state index is 12.2. The molecule has 1 aromatic heterocycles. The van der Waals surface area contributed by atoms with Crippen LogP contribution in [-0.4, -0.2) is 27.3 Å². The highest BCUT2D eigenvalue weighted by atomic mass is 79.9. The summed E-state index contributed by atoms with van der Waals surface area (Å²) in [6, 6.07) is 16.4. The van der Waals surface area contributed by atoms with Crippen LogP contribution in [0.3, 0.4) is 0 Å². The summed E-state index contributed by atoms with van der Waals surface area (Å²) in [7, 11) is 0. The van der Waals surface area contributed by atoms with Gasteiger partial charge < -0.3 is 5.32 Å². The van der Waals surface area contributed by atoms with E-state index in [4.69, 9.17) is 0 Å². The topological polar surface area (TPSA) is 122 Å². The molecular weight excluding hydrogens is 440 g/mol. The first-order valence-corrected chi connectivity index (χ1v) is 9.43. The third kappa shape index (κ3) is 5.48. The van der Waals surface area contributed by atoms with Crippen molar-refractivity contribution in [2.24, 2.45) is 0 Å². The number of nitrogens with zero attached hydrogens (tertiary/aromatic N) is 3. The first-order chi connectivity index (χ1) is 14.0. The quantitative estimate of drug-likeness (QED) is 0.349. The average molecular weight is 457 g/mol. The number of benzene rings is 2. The Labute approximate surface area is 174 Å². The van der Waals surface area contributed by atoms with E-state index < -0.39 is 10.8 Å². The molecule has 0 aliphatic heterocycles. The van der Waals surface area contributed by atoms with E-state index in [1.807, 2.05) is 30.3 Å². The Bertz CT molecular complexity index is 999. The average Bonchev–Trinajstić information content (AvgIpc) is 2.73. The smallest absolute Gasteiger partial charge is 0.354 e. The minimum absolute atomic E-state index is 0.0707. The molecule has 10 heteroatoms. The van der Waals surface area contributed by atoms with Gasteiger partial charge in [-0.3, -0.25) is 25.8 Å². The number of carbonyl (C=O) groups is 1. The maximum Gasteiger partial charge on any atom is 0.354 e. The summed E-state index contributed by atoms with van der Waals surface area (Å²) in [5.74, 6) is -0.497. The van der Waals surface area contributed by atoms with Crippen molar-refractivity contribution < 1.29 is 9.72 Å². The fourth-order valence-corrected chi connectivity index (χ4v) is 2.80. The lowest BCUT2D eigenvalue weighted by Crippen LogP contribution is -2.30. The van der Waals surface area contributed by atoms with Crippen LogP contribution in [0.25, 0.3) is 0 Å². The SMILES string of the molecule is O=C(NNc1ncnc(NCCc2ccccc2)c1[N+](=O)[O-])c1ccc(Br)cc1. The number of aromatic nitrogens is 2. The molecule has 0 radical (unpaired) electrons. The first kappa shape index (κ1) is 20.2. The number of rotatable bonds is 8. The van der Waals surface area contributed by atoms with Gasteiger partial charge in [-0.15, -0.1) is 0 Å². The van der Waals surface area contributed by atoms with Gasteiger partial charge in [-0.25, -0.2) is 9.97 Å². The number of amides is 1. The van der Waals surface area contributed by atoms with Crippen molar-refractivity contribution in [1.82, 2.24) is 15.4 Å². The maximum absolute atomic E-state index is 12.2. The second-order valence-corrected chi connectivity index (χ2v) is 6.84. The number of nitrogens with one attached hydrogen (secondary N) is 3. The Kier molecular flexibility index (Phi) is 6.69. The Morgan fingerprint density at radius 2 is 1.72 bits per heavy atom. The highest BCUT2D eigenvalue weighted by Gasteiger charge is 2.23. The van der Waals surface area contributed by atoms with Crippen LogP contribution in [0.2, 0.25) is 0 Å². The van der Waals surface area contributed by atoms with Crippen molar-refractivity contribution in [3.05, 3.63) is 86.6 Å². The number of carbonyl (C=O) groups excluding carboxylic acids is 1. The molecule has 1 heterocycles. The van der Waals surface area contributed by atoms with E-state index >= 15 is 0 Å². The van der Waals surface area contributed by atoms with Gasteiger partial charge in [0.1, 0.15) is 6.33 Å². The molecule has 3 N–H and O–H groups in total. The van der Waals surface area contributed by atoms with Gasteiger partial charge >= 0.3 is 5.69 Å². The third-order valence-corrected chi connectivity index (χ3v) is 4.48. The number of hydrogen-bond donors (Lipinski definition) is 3. The van der Waals surface area contributed by atoms with E-state index in [1.54, 1.807) is 24.3 Å². The van der Waals surface area contributed by atoms with Gasteiger partial charge in [0.2, 0.25) is 11.6 Å². The number of halogens is 1. The van der Waals surface area contributed by atoms with Gasteiger partial charge in [-0.2, -0.15) is 0 Å². The Morgan fingerprint density at radius 3 is 2.41 bits per heavy atom. The highest BCUT2D eigenvalue weighted by Crippen LogP contribution is 2.28. The normalized spacial score (nSPS) is 10.2. The van der Waals surface area contributed by atoms with Gasteiger partial charge in [-0.05, 0) is 36.2 Å². The predicted molar refractivity (Wildman–Crippen MR) is 113 cm³/mol. The molecule has 9 nitrogen and oxygen atoms in total. The van der Waals surface area contributed by atoms with Crippen molar-refractivity contribution in [2.45, 2.75) is 6.42 Å². The Morgan fingerprint density at radius 1 is 1.03 bits per heavy atom. The molecule has 3 aromatic rings. The molecule has 0 saturated heterocycles. The zero-order chi connectivity index (χ0) is 20.6. The monoisotopic (exact) mass is 456 g/mol. The van der Waals surface area contributed by atoms with E-state index in [0.717, 1.165) is 10.0 Å². The summed E-state index contributed by atoms with van der Waals surface area (Å²) in [4.78, 5) is 31.0. The largest absolute Gasteiger partial charge is 0.364 e. The van der Waals surface area contributed by atoms with Gasteiger partial charge in [0.25, 0.3) is 5.91 Å². The van der Waals surface area contributed by atoms with E-state index in [0.29, 0.717) is 18.5 Å². The molecule has 1 amide bonds. The van der Waals surface area contributed by atoms with Crippen molar-refractivity contribution in [3.63, 3.8) is 0 Å². The molecule has 0 fully saturated rings. The molecule has 0 saturated carbocycles. The van der Waals surface area contributed by atoms with Crippen LogP contribution >= 0.6 is 15.9 Å². The molecule has 2 aromatic carbocycles. The summed E-state index contributed by atoms with van der Waals surface area (Å²) in [5, 5.41) is 14.5. The molecule has 3 rings (SSSR count). The lowest BCUT2D eigenvalue weighted by molar-refractivity contribution is -0.383. The van der Waals surface area contributed by atoms with Crippen LogP contribution in [0.1, 0.15) is 15.9 Å². The molecule has 0 unspecified atom stereocenters. The summed E-state index contributed by atoms with van der Waals surface area (Å²) in [6.07, 6.45) is 1.86. The second kappa shape index (κ2) is 9.60. The number of nitro groups is 1. The van der Waals surface area contributed by atoms with Crippen molar-refractivity contribution in [1.29, 1.82) is 0 Å². The van der Waals surface area contributed by atoms with Crippen LogP contribution in [-0.2, 0) is 6.42 Å². The molecule has 0 atom stereocenters. The summed E-state index contributed by atoms with van der Waals surface area (Å²) in [6.45, 7) is 0.451. The lowest BCUT2D eigenvalue weighted by Gasteiger charge is -2.11. The van der Waals surface area contributed by atoms with Crippen molar-refractivity contribution >= 4 is 39.2 Å². The fourth-order valence-electron chi connectivity index (χ4n) is 2.53. The standard InChI is InChI=1S/C19H17BrN6O3/c20-15-8-6-14(7-9-15)19(27)25-24-18-16(26(28)29)17(22-12-23-18)21-11-10-13-4-2-1-3-5-13/h1-9,12H,10-11H2,(H,25,27)(H2,21,22,23,24). The van der Waals surface area contributed by atoms with E-state index in [9.17, 15) is 14.9 Å². The van der Waals surface area contributed by atoms with Gasteiger partial charge in [-0.1, -0.05) is 46.3 Å². The van der Waals surface area contributed by atoms with Gasteiger partial charge in [0.05, 0.1) is 4.92 Å². The number of hydrazine groups is 1. The molecule has 148 valence electrons. The summed E-state index contributed by atoms with van der Waals surface area (Å²) >= 11 is 3.29. The second-order valence-electron chi connectivity index (χ2n) is 5.92.